The fourth-order valence-electron chi connectivity index (χ4n) is 2.14. The number of amides is 1. The van der Waals surface area contributed by atoms with Gasteiger partial charge in [-0.2, -0.15) is 0 Å². The monoisotopic (exact) mass is 382 g/mol. The van der Waals surface area contributed by atoms with Crippen LogP contribution in [0.2, 0.25) is 0 Å². The van der Waals surface area contributed by atoms with Gasteiger partial charge in [-0.05, 0) is 23.5 Å². The average molecular weight is 383 g/mol. The predicted molar refractivity (Wildman–Crippen MR) is 98.1 cm³/mol. The van der Waals surface area contributed by atoms with Crippen LogP contribution < -0.4 is 10.0 Å². The molecule has 2 N–H and O–H groups in total. The van der Waals surface area contributed by atoms with Gasteiger partial charge in [0, 0.05) is 13.0 Å². The van der Waals surface area contributed by atoms with Crippen LogP contribution in [0.25, 0.3) is 0 Å². The van der Waals surface area contributed by atoms with Crippen molar-refractivity contribution < 1.29 is 13.2 Å². The molecule has 1 unspecified atom stereocenters. The first kappa shape index (κ1) is 19.5. The van der Waals surface area contributed by atoms with Gasteiger partial charge in [-0.1, -0.05) is 56.4 Å². The smallest absolute Gasteiger partial charge is 0.270 e. The highest BCUT2D eigenvalue weighted by Crippen LogP contribution is 2.25. The Kier molecular flexibility index (Phi) is 5.60. The van der Waals surface area contributed by atoms with Gasteiger partial charge in [0.15, 0.2) is 0 Å². The molecule has 0 saturated heterocycles. The summed E-state index contributed by atoms with van der Waals surface area (Å²) in [5.74, 6) is -0.333. The summed E-state index contributed by atoms with van der Waals surface area (Å²) >= 11 is 0.807. The van der Waals surface area contributed by atoms with Gasteiger partial charge < -0.3 is 5.32 Å². The third-order valence-electron chi connectivity index (χ3n) is 3.53. The molecule has 0 radical (unpaired) electrons. The van der Waals surface area contributed by atoms with E-state index in [0.29, 0.717) is 0 Å². The van der Waals surface area contributed by atoms with Gasteiger partial charge in [-0.3, -0.25) is 4.79 Å². The number of carbonyl (C=O) groups excluding carboxylic acids is 1. The fourth-order valence-corrected chi connectivity index (χ4v) is 4.34. The molecule has 1 heterocycles. The SMILES string of the molecule is CC(=O)Nc1nnc(S(=O)(=O)NC(C)c2ccc(C(C)(C)C)cc2)s1. The molecule has 1 atom stereocenters. The Morgan fingerprint density at radius 3 is 2.28 bits per heavy atom. The van der Waals surface area contributed by atoms with E-state index >= 15 is 0 Å². The molecule has 2 aromatic rings. The zero-order valence-electron chi connectivity index (χ0n) is 14.8. The van der Waals surface area contributed by atoms with Crippen LogP contribution in [0.5, 0.6) is 0 Å². The predicted octanol–water partition coefficient (Wildman–Crippen LogP) is 2.83. The molecule has 9 heteroatoms. The summed E-state index contributed by atoms with van der Waals surface area (Å²) < 4.78 is 27.2. The molecule has 0 fully saturated rings. The quantitative estimate of drug-likeness (QED) is 0.775. The molecular formula is C16H22N4O3S2. The number of carbonyl (C=O) groups is 1. The van der Waals surface area contributed by atoms with E-state index in [4.69, 9.17) is 0 Å². The lowest BCUT2D eigenvalue weighted by Gasteiger charge is -2.20. The van der Waals surface area contributed by atoms with Crippen molar-refractivity contribution in [1.82, 2.24) is 14.9 Å². The van der Waals surface area contributed by atoms with Crippen LogP contribution >= 0.6 is 11.3 Å². The molecule has 25 heavy (non-hydrogen) atoms. The van der Waals surface area contributed by atoms with E-state index in [2.05, 4.69) is 41.0 Å². The molecule has 136 valence electrons. The number of sulfonamides is 1. The third-order valence-corrected chi connectivity index (χ3v) is 6.27. The van der Waals surface area contributed by atoms with Crippen molar-refractivity contribution in [1.29, 1.82) is 0 Å². The summed E-state index contributed by atoms with van der Waals surface area (Å²) in [4.78, 5) is 11.0. The molecule has 0 aliphatic rings. The Labute approximate surface area is 151 Å². The van der Waals surface area contributed by atoms with Gasteiger partial charge in [0.2, 0.25) is 15.4 Å². The topological polar surface area (TPSA) is 101 Å². The van der Waals surface area contributed by atoms with E-state index < -0.39 is 16.1 Å². The lowest BCUT2D eigenvalue weighted by atomic mass is 9.86. The highest BCUT2D eigenvalue weighted by Gasteiger charge is 2.24. The molecule has 7 nitrogen and oxygen atoms in total. The van der Waals surface area contributed by atoms with Crippen LogP contribution in [-0.2, 0) is 20.2 Å². The van der Waals surface area contributed by atoms with Crippen molar-refractivity contribution in [2.75, 3.05) is 5.32 Å². The van der Waals surface area contributed by atoms with Gasteiger partial charge in [-0.25, -0.2) is 13.1 Å². The Bertz CT molecular complexity index is 852. The average Bonchev–Trinajstić information content (AvgIpc) is 2.94. The van der Waals surface area contributed by atoms with E-state index in [-0.39, 0.29) is 20.8 Å². The maximum Gasteiger partial charge on any atom is 0.270 e. The second-order valence-electron chi connectivity index (χ2n) is 6.77. The zero-order chi connectivity index (χ0) is 18.8. The molecule has 1 aromatic heterocycles. The molecule has 0 aliphatic carbocycles. The van der Waals surface area contributed by atoms with Crippen molar-refractivity contribution in [2.24, 2.45) is 0 Å². The van der Waals surface area contributed by atoms with Crippen LogP contribution in [0, 0.1) is 0 Å². The normalized spacial score (nSPS) is 13.5. The van der Waals surface area contributed by atoms with Crippen molar-refractivity contribution in [3.8, 4) is 0 Å². The minimum absolute atomic E-state index is 0.0357. The Balaban J connectivity index is 2.14. The van der Waals surface area contributed by atoms with Crippen LogP contribution in [0.1, 0.15) is 51.8 Å². The minimum atomic E-state index is -3.82. The van der Waals surface area contributed by atoms with E-state index in [1.165, 1.54) is 12.5 Å². The standard InChI is InChI=1S/C16H22N4O3S2/c1-10(12-6-8-13(9-7-12)16(3,4)5)20-25(22,23)15-19-18-14(24-15)17-11(2)21/h6-10,20H,1-5H3,(H,17,18,21). The first-order chi connectivity index (χ1) is 11.5. The zero-order valence-corrected chi connectivity index (χ0v) is 16.5. The fraction of sp³-hybridized carbons (Fsp3) is 0.438. The van der Waals surface area contributed by atoms with Crippen molar-refractivity contribution in [2.45, 2.75) is 50.4 Å². The lowest BCUT2D eigenvalue weighted by molar-refractivity contribution is -0.114. The Morgan fingerprint density at radius 1 is 1.16 bits per heavy atom. The number of benzene rings is 1. The number of anilines is 1. The number of nitrogens with zero attached hydrogens (tertiary/aromatic N) is 2. The summed E-state index contributed by atoms with van der Waals surface area (Å²) in [6, 6.07) is 7.40. The number of nitrogens with one attached hydrogen (secondary N) is 2. The summed E-state index contributed by atoms with van der Waals surface area (Å²) in [7, 11) is -3.82. The molecule has 1 amide bonds. The number of rotatable bonds is 5. The molecule has 0 saturated carbocycles. The minimum Gasteiger partial charge on any atom is -0.301 e. The largest absolute Gasteiger partial charge is 0.301 e. The maximum absolute atomic E-state index is 12.4. The number of hydrogen-bond acceptors (Lipinski definition) is 6. The molecule has 0 bridgehead atoms. The van der Waals surface area contributed by atoms with Crippen LogP contribution in [0.4, 0.5) is 5.13 Å². The van der Waals surface area contributed by atoms with Crippen LogP contribution in [0.3, 0.4) is 0 Å². The number of hydrogen-bond donors (Lipinski definition) is 2. The molecule has 1 aromatic carbocycles. The highest BCUT2D eigenvalue weighted by molar-refractivity contribution is 7.91. The van der Waals surface area contributed by atoms with Gasteiger partial charge >= 0.3 is 0 Å². The molecular weight excluding hydrogens is 360 g/mol. The highest BCUT2D eigenvalue weighted by atomic mass is 32.2. The molecule has 0 spiro atoms. The summed E-state index contributed by atoms with van der Waals surface area (Å²) in [6.45, 7) is 9.44. The molecule has 0 aliphatic heterocycles. The van der Waals surface area contributed by atoms with Gasteiger partial charge in [-0.15, -0.1) is 10.2 Å². The maximum atomic E-state index is 12.4. The summed E-state index contributed by atoms with van der Waals surface area (Å²) in [6.07, 6.45) is 0. The van der Waals surface area contributed by atoms with Gasteiger partial charge in [0.1, 0.15) is 0 Å². The van der Waals surface area contributed by atoms with Crippen molar-refractivity contribution in [3.63, 3.8) is 0 Å². The summed E-state index contributed by atoms with van der Waals surface area (Å²) in [5.41, 5.74) is 2.06. The number of aromatic nitrogens is 2. The second-order valence-corrected chi connectivity index (χ2v) is 9.63. The third kappa shape index (κ3) is 5.07. The van der Waals surface area contributed by atoms with E-state index in [9.17, 15) is 13.2 Å². The van der Waals surface area contributed by atoms with Crippen LogP contribution in [0.15, 0.2) is 28.6 Å². The Morgan fingerprint density at radius 2 is 1.76 bits per heavy atom. The van der Waals surface area contributed by atoms with Crippen molar-refractivity contribution in [3.05, 3.63) is 35.4 Å². The molecule has 2 rings (SSSR count). The van der Waals surface area contributed by atoms with Crippen LogP contribution in [-0.4, -0.2) is 24.5 Å². The lowest BCUT2D eigenvalue weighted by Crippen LogP contribution is -2.27. The van der Waals surface area contributed by atoms with E-state index in [1.54, 1.807) is 6.92 Å². The first-order valence-corrected chi connectivity index (χ1v) is 10.0. The van der Waals surface area contributed by atoms with Gasteiger partial charge in [0.05, 0.1) is 0 Å². The Hall–Kier alpha value is -1.84. The van der Waals surface area contributed by atoms with Crippen molar-refractivity contribution >= 4 is 32.4 Å². The van der Waals surface area contributed by atoms with E-state index in [1.807, 2.05) is 24.3 Å². The second kappa shape index (κ2) is 7.19. The van der Waals surface area contributed by atoms with Gasteiger partial charge in [0.25, 0.3) is 10.0 Å². The summed E-state index contributed by atoms with van der Waals surface area (Å²) in [5, 5.41) is 9.86. The van der Waals surface area contributed by atoms with E-state index in [0.717, 1.165) is 16.9 Å². The first-order valence-electron chi connectivity index (χ1n) is 7.73.